The van der Waals surface area contributed by atoms with Crippen LogP contribution in [0.1, 0.15) is 0 Å². The van der Waals surface area contributed by atoms with E-state index in [1.54, 1.807) is 18.2 Å². The predicted octanol–water partition coefficient (Wildman–Crippen LogP) is 6.09. The second-order valence-corrected chi connectivity index (χ2v) is 5.74. The number of hydrogen-bond acceptors (Lipinski definition) is 2. The van der Waals surface area contributed by atoms with E-state index in [0.717, 1.165) is 21.7 Å². The molecule has 2 nitrogen and oxygen atoms in total. The minimum Gasteiger partial charge on any atom is -0.454 e. The van der Waals surface area contributed by atoms with Crippen molar-refractivity contribution in [3.8, 4) is 0 Å². The number of pyridine rings is 1. The average molecular weight is 323 g/mol. The molecular weight excluding hydrogens is 317 g/mol. The Kier molecular flexibility index (Phi) is 2.61. The van der Waals surface area contributed by atoms with Crippen LogP contribution in [0.5, 0.6) is 0 Å². The topological polar surface area (TPSA) is 26.0 Å². The van der Waals surface area contributed by atoms with Crippen molar-refractivity contribution in [2.24, 2.45) is 0 Å². The number of aromatic nitrogens is 1. The van der Waals surface area contributed by atoms with Gasteiger partial charge in [-0.05, 0) is 36.4 Å². The number of fused-ring (bicyclic) bond motifs is 5. The Morgan fingerprint density at radius 2 is 1.50 bits per heavy atom. The van der Waals surface area contributed by atoms with E-state index in [1.807, 2.05) is 18.2 Å². The van der Waals surface area contributed by atoms with Gasteiger partial charge in [0.05, 0.1) is 0 Å². The maximum atomic E-state index is 6.26. The summed E-state index contributed by atoms with van der Waals surface area (Å²) in [4.78, 5) is 4.43. The molecule has 4 rings (SSSR count). The lowest BCUT2D eigenvalue weighted by Crippen LogP contribution is -1.82. The number of benzene rings is 2. The first kappa shape index (κ1) is 12.3. The van der Waals surface area contributed by atoms with Gasteiger partial charge in [-0.15, -0.1) is 0 Å². The minimum absolute atomic E-state index is 0.401. The molecule has 0 saturated heterocycles. The number of halogens is 3. The summed E-state index contributed by atoms with van der Waals surface area (Å²) in [5.41, 5.74) is 2.14. The molecule has 0 bridgehead atoms. The van der Waals surface area contributed by atoms with Crippen LogP contribution < -0.4 is 0 Å². The number of nitrogens with zero attached hydrogens (tertiary/aromatic N) is 1. The second-order valence-electron chi connectivity index (χ2n) is 4.51. The average Bonchev–Trinajstić information content (AvgIpc) is 2.77. The highest BCUT2D eigenvalue weighted by atomic mass is 35.5. The van der Waals surface area contributed by atoms with Crippen LogP contribution in [-0.4, -0.2) is 4.98 Å². The van der Waals surface area contributed by atoms with Gasteiger partial charge in [0.15, 0.2) is 5.58 Å². The fraction of sp³-hybridized carbons (Fsp3) is 0. The Morgan fingerprint density at radius 3 is 2.30 bits per heavy atom. The molecule has 98 valence electrons. The van der Waals surface area contributed by atoms with Gasteiger partial charge in [-0.2, -0.15) is 0 Å². The van der Waals surface area contributed by atoms with E-state index in [1.165, 1.54) is 0 Å². The molecule has 20 heavy (non-hydrogen) atoms. The van der Waals surface area contributed by atoms with E-state index in [0.29, 0.717) is 26.3 Å². The number of hydrogen-bond donors (Lipinski definition) is 0. The summed E-state index contributed by atoms with van der Waals surface area (Å²) in [6, 6.07) is 10.9. The van der Waals surface area contributed by atoms with E-state index in [9.17, 15) is 0 Å². The molecule has 0 aliphatic carbocycles. The highest BCUT2D eigenvalue weighted by molar-refractivity contribution is 6.38. The zero-order valence-corrected chi connectivity index (χ0v) is 12.2. The number of furan rings is 1. The molecule has 2 aromatic heterocycles. The molecular formula is C15H6Cl3NO. The first-order valence-corrected chi connectivity index (χ1v) is 7.03. The van der Waals surface area contributed by atoms with Crippen molar-refractivity contribution in [3.05, 3.63) is 51.6 Å². The maximum Gasteiger partial charge on any atom is 0.161 e. The summed E-state index contributed by atoms with van der Waals surface area (Å²) < 4.78 is 5.89. The monoisotopic (exact) mass is 321 g/mol. The third kappa shape index (κ3) is 1.69. The summed E-state index contributed by atoms with van der Waals surface area (Å²) in [6.07, 6.45) is 0. The van der Waals surface area contributed by atoms with Gasteiger partial charge >= 0.3 is 0 Å². The van der Waals surface area contributed by atoms with Crippen LogP contribution in [0.25, 0.3) is 32.8 Å². The molecule has 0 unspecified atom stereocenters. The summed E-state index contributed by atoms with van der Waals surface area (Å²) in [7, 11) is 0. The second kappa shape index (κ2) is 4.26. The van der Waals surface area contributed by atoms with Crippen LogP contribution in [-0.2, 0) is 0 Å². The van der Waals surface area contributed by atoms with E-state index >= 15 is 0 Å². The van der Waals surface area contributed by atoms with Crippen LogP contribution in [0.4, 0.5) is 0 Å². The first-order chi connectivity index (χ1) is 9.63. The summed E-state index contributed by atoms with van der Waals surface area (Å²) in [5, 5.41) is 4.16. The Hall–Kier alpha value is -1.48. The van der Waals surface area contributed by atoms with Crippen molar-refractivity contribution >= 4 is 67.6 Å². The molecule has 0 N–H and O–H groups in total. The lowest BCUT2D eigenvalue weighted by atomic mass is 10.1. The molecule has 0 radical (unpaired) electrons. The molecule has 0 aliphatic heterocycles. The van der Waals surface area contributed by atoms with Crippen molar-refractivity contribution < 1.29 is 4.42 Å². The third-order valence-corrected chi connectivity index (χ3v) is 4.04. The Morgan fingerprint density at radius 1 is 0.800 bits per heavy atom. The van der Waals surface area contributed by atoms with Gasteiger partial charge in [-0.1, -0.05) is 34.8 Å². The van der Waals surface area contributed by atoms with Crippen LogP contribution in [0.3, 0.4) is 0 Å². The van der Waals surface area contributed by atoms with Crippen LogP contribution in [0, 0.1) is 0 Å². The van der Waals surface area contributed by atoms with Crippen LogP contribution in [0.15, 0.2) is 40.8 Å². The van der Waals surface area contributed by atoms with E-state index in [-0.39, 0.29) is 0 Å². The molecule has 5 heteroatoms. The fourth-order valence-electron chi connectivity index (χ4n) is 2.39. The smallest absolute Gasteiger partial charge is 0.161 e. The quantitative estimate of drug-likeness (QED) is 0.366. The molecule has 0 aliphatic rings. The third-order valence-electron chi connectivity index (χ3n) is 3.28. The zero-order chi connectivity index (χ0) is 13.9. The zero-order valence-electron chi connectivity index (χ0n) is 9.95. The Bertz CT molecular complexity index is 991. The molecule has 2 aromatic carbocycles. The predicted molar refractivity (Wildman–Crippen MR) is 84.1 cm³/mol. The molecule has 0 atom stereocenters. The standard InChI is InChI=1S/C15H6Cl3NO/c16-7-1-3-9-10(5-7)15(18)19-13-11-6-8(17)2-4-12(11)20-14(9)13/h1-6H. The highest BCUT2D eigenvalue weighted by Gasteiger charge is 2.14. The highest BCUT2D eigenvalue weighted by Crippen LogP contribution is 2.37. The molecule has 0 saturated carbocycles. The van der Waals surface area contributed by atoms with Gasteiger partial charge in [0, 0.05) is 26.2 Å². The van der Waals surface area contributed by atoms with E-state index in [4.69, 9.17) is 39.2 Å². The Labute approximate surface area is 128 Å². The molecule has 0 fully saturated rings. The summed E-state index contributed by atoms with van der Waals surface area (Å²) >= 11 is 18.3. The first-order valence-electron chi connectivity index (χ1n) is 5.90. The van der Waals surface area contributed by atoms with Gasteiger partial charge in [0.1, 0.15) is 16.3 Å². The molecule has 4 aromatic rings. The van der Waals surface area contributed by atoms with Gasteiger partial charge in [0.2, 0.25) is 0 Å². The largest absolute Gasteiger partial charge is 0.454 e. The summed E-state index contributed by atoms with van der Waals surface area (Å²) in [5.74, 6) is 0. The number of rotatable bonds is 0. The van der Waals surface area contributed by atoms with Crippen molar-refractivity contribution in [1.82, 2.24) is 4.98 Å². The maximum absolute atomic E-state index is 6.26. The fourth-order valence-corrected chi connectivity index (χ4v) is 2.98. The van der Waals surface area contributed by atoms with Crippen molar-refractivity contribution in [2.75, 3.05) is 0 Å². The van der Waals surface area contributed by atoms with Crippen molar-refractivity contribution in [2.45, 2.75) is 0 Å². The van der Waals surface area contributed by atoms with Gasteiger partial charge in [0.25, 0.3) is 0 Å². The van der Waals surface area contributed by atoms with E-state index in [2.05, 4.69) is 4.98 Å². The van der Waals surface area contributed by atoms with Crippen molar-refractivity contribution in [3.63, 3.8) is 0 Å². The normalized spacial score (nSPS) is 11.8. The van der Waals surface area contributed by atoms with Crippen LogP contribution in [0.2, 0.25) is 15.2 Å². The van der Waals surface area contributed by atoms with Gasteiger partial charge in [-0.3, -0.25) is 0 Å². The summed E-state index contributed by atoms with van der Waals surface area (Å²) in [6.45, 7) is 0. The Balaban J connectivity index is 2.29. The SMILES string of the molecule is Clc1ccc2c(c1)c(Cl)nc1c3cc(Cl)ccc3oc21. The molecule has 2 heterocycles. The molecule has 0 spiro atoms. The lowest BCUT2D eigenvalue weighted by Gasteiger charge is -2.01. The molecule has 0 amide bonds. The van der Waals surface area contributed by atoms with E-state index < -0.39 is 0 Å². The van der Waals surface area contributed by atoms with Crippen molar-refractivity contribution in [1.29, 1.82) is 0 Å². The minimum atomic E-state index is 0.401. The van der Waals surface area contributed by atoms with Crippen LogP contribution >= 0.6 is 34.8 Å². The van der Waals surface area contributed by atoms with Gasteiger partial charge in [-0.25, -0.2) is 4.98 Å². The van der Waals surface area contributed by atoms with Gasteiger partial charge < -0.3 is 4.42 Å². The lowest BCUT2D eigenvalue weighted by molar-refractivity contribution is 0.672.